The molecule has 1 aliphatic heterocycles. The van der Waals surface area contributed by atoms with Crippen molar-refractivity contribution >= 4 is 5.91 Å². The second kappa shape index (κ2) is 4.57. The Hall–Kier alpha value is -1.49. The maximum atomic E-state index is 12.2. The number of amides is 1. The summed E-state index contributed by atoms with van der Waals surface area (Å²) >= 11 is 0. The van der Waals surface area contributed by atoms with E-state index in [4.69, 9.17) is 4.74 Å². The molecule has 1 aromatic rings. The van der Waals surface area contributed by atoms with Gasteiger partial charge in [0.2, 0.25) is 0 Å². The standard InChI is InChI=1S/C11H15N3O2/c1-8-7-16-6-5-14(8)11(15)10-3-4-12-13-9(10)2/h3-4,8H,5-7H2,1-2H3/t8-/m0/s1. The fourth-order valence-corrected chi connectivity index (χ4v) is 1.81. The molecule has 0 saturated carbocycles. The van der Waals surface area contributed by atoms with Gasteiger partial charge in [0.1, 0.15) is 0 Å². The normalized spacial score (nSPS) is 20.9. The third-order valence-corrected chi connectivity index (χ3v) is 2.76. The third kappa shape index (κ3) is 2.04. The predicted octanol–water partition coefficient (Wildman–Crippen LogP) is 0.646. The number of morpholine rings is 1. The average molecular weight is 221 g/mol. The summed E-state index contributed by atoms with van der Waals surface area (Å²) in [6.07, 6.45) is 1.55. The second-order valence-electron chi connectivity index (χ2n) is 3.95. The van der Waals surface area contributed by atoms with E-state index in [2.05, 4.69) is 10.2 Å². The Morgan fingerprint density at radius 2 is 2.44 bits per heavy atom. The summed E-state index contributed by atoms with van der Waals surface area (Å²) in [6.45, 7) is 5.63. The first-order valence-electron chi connectivity index (χ1n) is 5.37. The minimum atomic E-state index is 0.0169. The van der Waals surface area contributed by atoms with Crippen LogP contribution in [0, 0.1) is 6.92 Å². The van der Waals surface area contributed by atoms with Crippen LogP contribution in [-0.4, -0.2) is 46.8 Å². The van der Waals surface area contributed by atoms with E-state index >= 15 is 0 Å². The van der Waals surface area contributed by atoms with Crippen LogP contribution in [0.3, 0.4) is 0 Å². The first kappa shape index (κ1) is 11.0. The van der Waals surface area contributed by atoms with Crippen LogP contribution < -0.4 is 0 Å². The van der Waals surface area contributed by atoms with Crippen LogP contribution in [-0.2, 0) is 4.74 Å². The molecule has 0 aromatic carbocycles. The third-order valence-electron chi connectivity index (χ3n) is 2.76. The van der Waals surface area contributed by atoms with Crippen molar-refractivity contribution in [2.45, 2.75) is 19.9 Å². The lowest BCUT2D eigenvalue weighted by atomic mass is 10.1. The molecule has 1 saturated heterocycles. The minimum absolute atomic E-state index is 0.0169. The van der Waals surface area contributed by atoms with Gasteiger partial charge < -0.3 is 9.64 Å². The summed E-state index contributed by atoms with van der Waals surface area (Å²) in [5.74, 6) is 0.0169. The number of ether oxygens (including phenoxy) is 1. The summed E-state index contributed by atoms with van der Waals surface area (Å²) in [5.41, 5.74) is 1.30. The first-order valence-corrected chi connectivity index (χ1v) is 5.37. The van der Waals surface area contributed by atoms with E-state index < -0.39 is 0 Å². The number of nitrogens with zero attached hydrogens (tertiary/aromatic N) is 3. The molecule has 0 spiro atoms. The van der Waals surface area contributed by atoms with Gasteiger partial charge in [0, 0.05) is 6.54 Å². The molecule has 86 valence electrons. The highest BCUT2D eigenvalue weighted by atomic mass is 16.5. The summed E-state index contributed by atoms with van der Waals surface area (Å²) in [4.78, 5) is 14.1. The SMILES string of the molecule is Cc1nnccc1C(=O)N1CCOC[C@@H]1C. The quantitative estimate of drug-likeness (QED) is 0.698. The molecule has 1 atom stereocenters. The van der Waals surface area contributed by atoms with Crippen LogP contribution in [0.4, 0.5) is 0 Å². The van der Waals surface area contributed by atoms with Crippen molar-refractivity contribution in [3.05, 3.63) is 23.5 Å². The fraction of sp³-hybridized carbons (Fsp3) is 0.545. The molecular formula is C11H15N3O2. The van der Waals surface area contributed by atoms with Crippen LogP contribution in [0.1, 0.15) is 23.0 Å². The van der Waals surface area contributed by atoms with Gasteiger partial charge in [-0.3, -0.25) is 4.79 Å². The topological polar surface area (TPSA) is 55.3 Å². The van der Waals surface area contributed by atoms with Crippen molar-refractivity contribution in [1.82, 2.24) is 15.1 Å². The Balaban J connectivity index is 2.21. The Morgan fingerprint density at radius 3 is 3.12 bits per heavy atom. The van der Waals surface area contributed by atoms with E-state index in [-0.39, 0.29) is 11.9 Å². The molecule has 5 nitrogen and oxygen atoms in total. The highest BCUT2D eigenvalue weighted by Crippen LogP contribution is 2.13. The number of rotatable bonds is 1. The molecule has 0 aliphatic carbocycles. The largest absolute Gasteiger partial charge is 0.377 e. The summed E-state index contributed by atoms with van der Waals surface area (Å²) in [5, 5.41) is 7.64. The molecule has 1 amide bonds. The zero-order chi connectivity index (χ0) is 11.5. The molecule has 16 heavy (non-hydrogen) atoms. The molecule has 2 rings (SSSR count). The van der Waals surface area contributed by atoms with Gasteiger partial charge in [0.25, 0.3) is 5.91 Å². The number of carbonyl (C=O) groups excluding carboxylic acids is 1. The molecule has 0 bridgehead atoms. The number of aryl methyl sites for hydroxylation is 1. The monoisotopic (exact) mass is 221 g/mol. The van der Waals surface area contributed by atoms with Crippen molar-refractivity contribution in [2.75, 3.05) is 19.8 Å². The zero-order valence-electron chi connectivity index (χ0n) is 9.51. The fourth-order valence-electron chi connectivity index (χ4n) is 1.81. The number of carbonyl (C=O) groups is 1. The van der Waals surface area contributed by atoms with E-state index in [0.29, 0.717) is 31.0 Å². The van der Waals surface area contributed by atoms with Crippen LogP contribution in [0.25, 0.3) is 0 Å². The van der Waals surface area contributed by atoms with Gasteiger partial charge >= 0.3 is 0 Å². The van der Waals surface area contributed by atoms with Gasteiger partial charge in [-0.1, -0.05) is 0 Å². The minimum Gasteiger partial charge on any atom is -0.377 e. The first-order chi connectivity index (χ1) is 7.70. The smallest absolute Gasteiger partial charge is 0.256 e. The molecule has 0 radical (unpaired) electrons. The van der Waals surface area contributed by atoms with Crippen LogP contribution >= 0.6 is 0 Å². The molecule has 2 heterocycles. The number of aromatic nitrogens is 2. The average Bonchev–Trinajstić information content (AvgIpc) is 2.29. The maximum Gasteiger partial charge on any atom is 0.256 e. The van der Waals surface area contributed by atoms with Gasteiger partial charge in [-0.05, 0) is 19.9 Å². The molecule has 1 aromatic heterocycles. The van der Waals surface area contributed by atoms with Gasteiger partial charge in [-0.25, -0.2) is 0 Å². The molecule has 0 N–H and O–H groups in total. The predicted molar refractivity (Wildman–Crippen MR) is 58.1 cm³/mol. The summed E-state index contributed by atoms with van der Waals surface area (Å²) in [7, 11) is 0. The van der Waals surface area contributed by atoms with E-state index in [9.17, 15) is 4.79 Å². The molecule has 0 unspecified atom stereocenters. The lowest BCUT2D eigenvalue weighted by Gasteiger charge is -2.33. The second-order valence-corrected chi connectivity index (χ2v) is 3.95. The molecule has 5 heteroatoms. The van der Waals surface area contributed by atoms with E-state index in [1.54, 1.807) is 19.2 Å². The van der Waals surface area contributed by atoms with Gasteiger partial charge in [0.15, 0.2) is 0 Å². The van der Waals surface area contributed by atoms with Gasteiger partial charge in [0.05, 0.1) is 36.7 Å². The summed E-state index contributed by atoms with van der Waals surface area (Å²) < 4.78 is 5.31. The van der Waals surface area contributed by atoms with E-state index in [0.717, 1.165) is 0 Å². The number of hydrogen-bond acceptors (Lipinski definition) is 4. The number of hydrogen-bond donors (Lipinski definition) is 0. The van der Waals surface area contributed by atoms with Crippen molar-refractivity contribution in [1.29, 1.82) is 0 Å². The Morgan fingerprint density at radius 1 is 1.62 bits per heavy atom. The lowest BCUT2D eigenvalue weighted by Crippen LogP contribution is -2.47. The Labute approximate surface area is 94.4 Å². The van der Waals surface area contributed by atoms with Gasteiger partial charge in [-0.15, -0.1) is 0 Å². The van der Waals surface area contributed by atoms with E-state index in [1.165, 1.54) is 0 Å². The lowest BCUT2D eigenvalue weighted by molar-refractivity contribution is 0.00351. The van der Waals surface area contributed by atoms with Crippen molar-refractivity contribution in [3.8, 4) is 0 Å². The van der Waals surface area contributed by atoms with Crippen molar-refractivity contribution in [2.24, 2.45) is 0 Å². The molecule has 1 fully saturated rings. The molecular weight excluding hydrogens is 206 g/mol. The highest BCUT2D eigenvalue weighted by molar-refractivity contribution is 5.95. The van der Waals surface area contributed by atoms with Crippen molar-refractivity contribution < 1.29 is 9.53 Å². The maximum absolute atomic E-state index is 12.2. The van der Waals surface area contributed by atoms with Crippen LogP contribution in [0.5, 0.6) is 0 Å². The van der Waals surface area contributed by atoms with Gasteiger partial charge in [-0.2, -0.15) is 10.2 Å². The zero-order valence-corrected chi connectivity index (χ0v) is 9.51. The Kier molecular flexibility index (Phi) is 3.14. The van der Waals surface area contributed by atoms with Crippen molar-refractivity contribution in [3.63, 3.8) is 0 Å². The van der Waals surface area contributed by atoms with E-state index in [1.807, 2.05) is 11.8 Å². The molecule has 1 aliphatic rings. The van der Waals surface area contributed by atoms with Crippen LogP contribution in [0.15, 0.2) is 12.3 Å². The highest BCUT2D eigenvalue weighted by Gasteiger charge is 2.25. The van der Waals surface area contributed by atoms with Crippen LogP contribution in [0.2, 0.25) is 0 Å². The summed E-state index contributed by atoms with van der Waals surface area (Å²) in [6, 6.07) is 1.83. The Bertz CT molecular complexity index is 395.